The highest BCUT2D eigenvalue weighted by Gasteiger charge is 2.22. The summed E-state index contributed by atoms with van der Waals surface area (Å²) in [6.45, 7) is 3.15. The molecule has 1 aromatic carbocycles. The molecule has 20 heavy (non-hydrogen) atoms. The van der Waals surface area contributed by atoms with E-state index in [1.807, 2.05) is 0 Å². The summed E-state index contributed by atoms with van der Waals surface area (Å²) >= 11 is 0. The Balaban J connectivity index is 3.26. The van der Waals surface area contributed by atoms with Crippen molar-refractivity contribution in [2.24, 2.45) is 0 Å². The van der Waals surface area contributed by atoms with Crippen molar-refractivity contribution in [3.05, 3.63) is 47.5 Å². The fraction of sp³-hybridized carbons (Fsp3) is 0.143. The molecule has 104 valence electrons. The van der Waals surface area contributed by atoms with Crippen LogP contribution in [0.25, 0.3) is 0 Å². The molecule has 0 saturated heterocycles. The lowest BCUT2D eigenvalue weighted by molar-refractivity contribution is -0.132. The summed E-state index contributed by atoms with van der Waals surface area (Å²) in [4.78, 5) is 44.4. The smallest absolute Gasteiger partial charge is 0.347 e. The van der Waals surface area contributed by atoms with Crippen LogP contribution in [0, 0.1) is 0 Å². The molecule has 0 aliphatic carbocycles. The van der Waals surface area contributed by atoms with Crippen LogP contribution in [0.3, 0.4) is 0 Å². The van der Waals surface area contributed by atoms with Gasteiger partial charge in [-0.1, -0.05) is 18.7 Å². The second-order valence-electron chi connectivity index (χ2n) is 3.76. The normalized spacial score (nSPS) is 9.60. The van der Waals surface area contributed by atoms with Crippen molar-refractivity contribution in [3.63, 3.8) is 0 Å². The van der Waals surface area contributed by atoms with Gasteiger partial charge in [-0.3, -0.25) is 0 Å². The van der Waals surface area contributed by atoms with Gasteiger partial charge in [0, 0.05) is 12.5 Å². The van der Waals surface area contributed by atoms with Crippen LogP contribution >= 0.6 is 0 Å². The van der Waals surface area contributed by atoms with Crippen molar-refractivity contribution >= 4 is 24.2 Å². The molecule has 0 spiro atoms. The average molecular weight is 276 g/mol. The SMILES string of the molecule is C=CC(=O)OC(=O)c1c(CCC=O)cccc1C(=O)O. The number of carboxylic acids is 1. The lowest BCUT2D eigenvalue weighted by Gasteiger charge is -2.10. The van der Waals surface area contributed by atoms with Crippen molar-refractivity contribution in [2.45, 2.75) is 12.8 Å². The van der Waals surface area contributed by atoms with Gasteiger partial charge >= 0.3 is 17.9 Å². The molecule has 0 fully saturated rings. The van der Waals surface area contributed by atoms with E-state index in [-0.39, 0.29) is 24.0 Å². The van der Waals surface area contributed by atoms with E-state index >= 15 is 0 Å². The molecule has 0 saturated carbocycles. The summed E-state index contributed by atoms with van der Waals surface area (Å²) in [6, 6.07) is 4.18. The standard InChI is InChI=1S/C14H12O6/c1-2-11(16)20-14(19)12-9(6-4-8-15)5-3-7-10(12)13(17)18/h2-3,5,7-8H,1,4,6H2,(H,17,18). The van der Waals surface area contributed by atoms with Crippen molar-refractivity contribution in [2.75, 3.05) is 0 Å². The number of benzene rings is 1. The first-order valence-corrected chi connectivity index (χ1v) is 5.68. The summed E-state index contributed by atoms with van der Waals surface area (Å²) in [5.41, 5.74) is -0.175. The van der Waals surface area contributed by atoms with Gasteiger partial charge in [0.25, 0.3) is 0 Å². The number of rotatable bonds is 6. The number of aldehydes is 1. The maximum Gasteiger partial charge on any atom is 0.347 e. The first-order chi connectivity index (χ1) is 9.51. The second-order valence-corrected chi connectivity index (χ2v) is 3.76. The Labute approximate surface area is 114 Å². The Morgan fingerprint density at radius 3 is 2.55 bits per heavy atom. The first-order valence-electron chi connectivity index (χ1n) is 5.68. The lowest BCUT2D eigenvalue weighted by atomic mass is 9.98. The molecule has 0 aliphatic rings. The number of aromatic carboxylic acids is 1. The molecule has 0 unspecified atom stereocenters. The average Bonchev–Trinajstić information content (AvgIpc) is 2.44. The number of carboxylic acid groups (broad SMARTS) is 1. The van der Waals surface area contributed by atoms with Crippen molar-refractivity contribution in [1.29, 1.82) is 0 Å². The van der Waals surface area contributed by atoms with Crippen LogP contribution in [0.4, 0.5) is 0 Å². The van der Waals surface area contributed by atoms with Crippen LogP contribution in [0.2, 0.25) is 0 Å². The first kappa shape index (κ1) is 15.3. The van der Waals surface area contributed by atoms with Gasteiger partial charge in [-0.25, -0.2) is 14.4 Å². The summed E-state index contributed by atoms with van der Waals surface area (Å²) in [5.74, 6) is -3.37. The Hall–Kier alpha value is -2.76. The molecule has 0 bridgehead atoms. The largest absolute Gasteiger partial charge is 0.478 e. The third-order valence-electron chi connectivity index (χ3n) is 2.48. The van der Waals surface area contributed by atoms with E-state index in [4.69, 9.17) is 5.11 Å². The summed E-state index contributed by atoms with van der Waals surface area (Å²) < 4.78 is 4.45. The number of esters is 2. The molecule has 0 radical (unpaired) electrons. The zero-order valence-electron chi connectivity index (χ0n) is 10.5. The van der Waals surface area contributed by atoms with Crippen molar-refractivity contribution < 1.29 is 29.0 Å². The molecule has 1 rings (SSSR count). The van der Waals surface area contributed by atoms with Gasteiger partial charge in [-0.15, -0.1) is 0 Å². The van der Waals surface area contributed by atoms with E-state index in [1.54, 1.807) is 0 Å². The Bertz CT molecular complexity index is 573. The molecule has 1 N–H and O–H groups in total. The van der Waals surface area contributed by atoms with Crippen LogP contribution < -0.4 is 0 Å². The van der Waals surface area contributed by atoms with E-state index in [0.29, 0.717) is 11.8 Å². The Morgan fingerprint density at radius 2 is 2.00 bits per heavy atom. The fourth-order valence-corrected chi connectivity index (χ4v) is 1.63. The lowest BCUT2D eigenvalue weighted by Crippen LogP contribution is -2.17. The van der Waals surface area contributed by atoms with Crippen LogP contribution in [0.5, 0.6) is 0 Å². The monoisotopic (exact) mass is 276 g/mol. The number of aryl methyl sites for hydroxylation is 1. The predicted octanol–water partition coefficient (Wildman–Crippen LogP) is 1.39. The van der Waals surface area contributed by atoms with Crippen LogP contribution in [0.1, 0.15) is 32.7 Å². The Kier molecular flexibility index (Phi) is 5.34. The van der Waals surface area contributed by atoms with Gasteiger partial charge in [-0.05, 0) is 18.1 Å². The van der Waals surface area contributed by atoms with E-state index < -0.39 is 17.9 Å². The quantitative estimate of drug-likeness (QED) is 0.365. The van der Waals surface area contributed by atoms with Gasteiger partial charge in [0.05, 0.1) is 11.1 Å². The third kappa shape index (κ3) is 3.61. The van der Waals surface area contributed by atoms with Crippen molar-refractivity contribution in [3.8, 4) is 0 Å². The number of hydrogen-bond acceptors (Lipinski definition) is 5. The van der Waals surface area contributed by atoms with Crippen LogP contribution in [-0.4, -0.2) is 29.3 Å². The van der Waals surface area contributed by atoms with Gasteiger partial charge < -0.3 is 14.6 Å². The minimum Gasteiger partial charge on any atom is -0.478 e. The molecular weight excluding hydrogens is 264 g/mol. The van der Waals surface area contributed by atoms with Gasteiger partial charge in [0.1, 0.15) is 6.29 Å². The van der Waals surface area contributed by atoms with Crippen molar-refractivity contribution in [1.82, 2.24) is 0 Å². The highest BCUT2D eigenvalue weighted by atomic mass is 16.6. The molecule has 6 heteroatoms. The van der Waals surface area contributed by atoms with Crippen LogP contribution in [0.15, 0.2) is 30.9 Å². The summed E-state index contributed by atoms with van der Waals surface area (Å²) in [7, 11) is 0. The molecular formula is C14H12O6. The highest BCUT2D eigenvalue weighted by Crippen LogP contribution is 2.18. The maximum atomic E-state index is 11.9. The van der Waals surface area contributed by atoms with Gasteiger partial charge in [0.2, 0.25) is 0 Å². The maximum absolute atomic E-state index is 11.9. The third-order valence-corrected chi connectivity index (χ3v) is 2.48. The van der Waals surface area contributed by atoms with E-state index in [1.165, 1.54) is 18.2 Å². The van der Waals surface area contributed by atoms with Gasteiger partial charge in [-0.2, -0.15) is 0 Å². The highest BCUT2D eigenvalue weighted by molar-refractivity contribution is 6.07. The van der Waals surface area contributed by atoms with E-state index in [9.17, 15) is 19.2 Å². The summed E-state index contributed by atoms with van der Waals surface area (Å²) in [6.07, 6.45) is 1.75. The molecule has 0 aliphatic heterocycles. The predicted molar refractivity (Wildman–Crippen MR) is 68.4 cm³/mol. The topological polar surface area (TPSA) is 97.7 Å². The molecule has 1 aromatic rings. The van der Waals surface area contributed by atoms with E-state index in [2.05, 4.69) is 11.3 Å². The zero-order chi connectivity index (χ0) is 15.1. The summed E-state index contributed by atoms with van der Waals surface area (Å²) in [5, 5.41) is 9.07. The minimum atomic E-state index is -1.32. The van der Waals surface area contributed by atoms with Crippen LogP contribution in [-0.2, 0) is 20.7 Å². The number of hydrogen-bond donors (Lipinski definition) is 1. The number of carbonyl (C=O) groups is 4. The molecule has 0 amide bonds. The molecule has 0 atom stereocenters. The van der Waals surface area contributed by atoms with Gasteiger partial charge in [0.15, 0.2) is 0 Å². The number of ether oxygens (including phenoxy) is 1. The fourth-order valence-electron chi connectivity index (χ4n) is 1.63. The Morgan fingerprint density at radius 1 is 1.30 bits per heavy atom. The molecule has 6 nitrogen and oxygen atoms in total. The minimum absolute atomic E-state index is 0.124. The number of carbonyl (C=O) groups excluding carboxylic acids is 3. The zero-order valence-corrected chi connectivity index (χ0v) is 10.5. The second kappa shape index (κ2) is 6.98. The molecule has 0 heterocycles. The molecule has 0 aromatic heterocycles. The van der Waals surface area contributed by atoms with E-state index in [0.717, 1.165) is 6.08 Å².